The molecule has 0 aliphatic rings. The molecule has 9 heteroatoms. The number of hydrogen-bond donors (Lipinski definition) is 1. The Kier molecular flexibility index (Phi) is 5.67. The average Bonchev–Trinajstić information content (AvgIpc) is 3.29. The smallest absolute Gasteiger partial charge is 0.230 e. The summed E-state index contributed by atoms with van der Waals surface area (Å²) in [5, 5.41) is 11.4. The van der Waals surface area contributed by atoms with Crippen LogP contribution in [0.1, 0.15) is 25.5 Å². The maximum atomic E-state index is 14.2. The summed E-state index contributed by atoms with van der Waals surface area (Å²) < 4.78 is 17.7. The molecule has 0 unspecified atom stereocenters. The van der Waals surface area contributed by atoms with Crippen LogP contribution < -0.4 is 5.32 Å². The van der Waals surface area contributed by atoms with Crippen molar-refractivity contribution < 1.29 is 9.18 Å². The monoisotopic (exact) mass is 374 g/mol. The first-order chi connectivity index (χ1) is 12.5. The van der Waals surface area contributed by atoms with Crippen molar-refractivity contribution in [3.63, 3.8) is 0 Å². The number of halogens is 1. The molecule has 26 heavy (non-hydrogen) atoms. The minimum absolute atomic E-state index is 0.146. The first-order valence-electron chi connectivity index (χ1n) is 8.10. The van der Waals surface area contributed by atoms with Crippen molar-refractivity contribution in [2.75, 3.05) is 5.75 Å². The summed E-state index contributed by atoms with van der Waals surface area (Å²) in [6.45, 7) is 4.31. The lowest BCUT2D eigenvalue weighted by Crippen LogP contribution is -2.24. The molecule has 3 rings (SSSR count). The third-order valence-electron chi connectivity index (χ3n) is 3.71. The molecule has 1 aromatic carbocycles. The molecule has 0 bridgehead atoms. The second-order valence-corrected chi connectivity index (χ2v) is 6.88. The topological polar surface area (TPSA) is 77.6 Å². The molecule has 0 saturated heterocycles. The number of imidazole rings is 1. The van der Waals surface area contributed by atoms with Gasteiger partial charge in [0.1, 0.15) is 12.1 Å². The van der Waals surface area contributed by atoms with Gasteiger partial charge in [0.25, 0.3) is 0 Å². The van der Waals surface area contributed by atoms with Crippen molar-refractivity contribution in [3.8, 4) is 5.69 Å². The number of aromatic nitrogens is 5. The van der Waals surface area contributed by atoms with E-state index in [-0.39, 0.29) is 30.1 Å². The molecule has 0 fully saturated rings. The van der Waals surface area contributed by atoms with Crippen molar-refractivity contribution in [2.45, 2.75) is 31.6 Å². The number of carbonyl (C=O) groups is 1. The Bertz CT molecular complexity index is 877. The van der Waals surface area contributed by atoms with Gasteiger partial charge in [0, 0.05) is 25.0 Å². The summed E-state index contributed by atoms with van der Waals surface area (Å²) in [5.41, 5.74) is 1.11. The Balaban J connectivity index is 1.53. The molecule has 3 aromatic rings. The van der Waals surface area contributed by atoms with E-state index >= 15 is 0 Å². The Morgan fingerprint density at radius 1 is 1.35 bits per heavy atom. The number of hydrogen-bond acceptors (Lipinski definition) is 5. The predicted molar refractivity (Wildman–Crippen MR) is 96.5 cm³/mol. The fraction of sp³-hybridized carbons (Fsp3) is 0.294. The van der Waals surface area contributed by atoms with Crippen LogP contribution in [0.5, 0.6) is 0 Å². The van der Waals surface area contributed by atoms with E-state index in [9.17, 15) is 9.18 Å². The van der Waals surface area contributed by atoms with E-state index in [1.807, 2.05) is 18.4 Å². The van der Waals surface area contributed by atoms with Crippen molar-refractivity contribution in [1.29, 1.82) is 0 Å². The van der Waals surface area contributed by atoms with Gasteiger partial charge in [-0.3, -0.25) is 4.79 Å². The molecule has 0 radical (unpaired) electrons. The zero-order valence-corrected chi connectivity index (χ0v) is 15.3. The van der Waals surface area contributed by atoms with Gasteiger partial charge in [0.15, 0.2) is 5.16 Å². The average molecular weight is 374 g/mol. The second-order valence-electron chi connectivity index (χ2n) is 5.94. The highest BCUT2D eigenvalue weighted by molar-refractivity contribution is 7.99. The van der Waals surface area contributed by atoms with E-state index in [0.717, 1.165) is 0 Å². The van der Waals surface area contributed by atoms with E-state index in [2.05, 4.69) is 20.5 Å². The third-order valence-corrected chi connectivity index (χ3v) is 4.67. The Hall–Kier alpha value is -2.68. The number of nitrogens with one attached hydrogen (secondary N) is 1. The van der Waals surface area contributed by atoms with Crippen LogP contribution in [-0.2, 0) is 11.3 Å². The van der Waals surface area contributed by atoms with Gasteiger partial charge in [0.2, 0.25) is 5.91 Å². The minimum atomic E-state index is -0.367. The van der Waals surface area contributed by atoms with Crippen LogP contribution in [0, 0.1) is 5.82 Å². The highest BCUT2D eigenvalue weighted by Crippen LogP contribution is 2.18. The molecule has 0 aliphatic carbocycles. The maximum Gasteiger partial charge on any atom is 0.230 e. The quantitative estimate of drug-likeness (QED) is 0.643. The molecule has 1 amide bonds. The van der Waals surface area contributed by atoms with E-state index in [1.54, 1.807) is 35.4 Å². The lowest BCUT2D eigenvalue weighted by atomic mass is 10.2. The van der Waals surface area contributed by atoms with Gasteiger partial charge in [-0.2, -0.15) is 0 Å². The lowest BCUT2D eigenvalue weighted by molar-refractivity contribution is -0.118. The molecular weight excluding hydrogens is 355 g/mol. The number of benzene rings is 1. The highest BCUT2D eigenvalue weighted by Gasteiger charge is 2.11. The third kappa shape index (κ3) is 4.29. The zero-order valence-electron chi connectivity index (χ0n) is 14.5. The number of thioether (sulfide) groups is 1. The summed E-state index contributed by atoms with van der Waals surface area (Å²) in [6.07, 6.45) is 6.45. The number of amides is 1. The Morgan fingerprint density at radius 3 is 2.88 bits per heavy atom. The van der Waals surface area contributed by atoms with Crippen LogP contribution >= 0.6 is 11.8 Å². The molecule has 0 aliphatic heterocycles. The van der Waals surface area contributed by atoms with Crippen LogP contribution in [0.15, 0.2) is 48.4 Å². The molecular formula is C17H19FN6OS. The minimum Gasteiger partial charge on any atom is -0.351 e. The van der Waals surface area contributed by atoms with Gasteiger partial charge in [0.05, 0.1) is 17.8 Å². The fourth-order valence-electron chi connectivity index (χ4n) is 2.34. The summed E-state index contributed by atoms with van der Waals surface area (Å²) >= 11 is 1.32. The largest absolute Gasteiger partial charge is 0.351 e. The maximum absolute atomic E-state index is 14.2. The predicted octanol–water partition coefficient (Wildman–Crippen LogP) is 2.59. The van der Waals surface area contributed by atoms with Gasteiger partial charge in [-0.15, -0.1) is 10.2 Å². The lowest BCUT2D eigenvalue weighted by Gasteiger charge is -2.10. The van der Waals surface area contributed by atoms with Gasteiger partial charge in [-0.25, -0.2) is 9.37 Å². The normalized spacial score (nSPS) is 11.1. The zero-order chi connectivity index (χ0) is 18.5. The van der Waals surface area contributed by atoms with Crippen LogP contribution in [0.3, 0.4) is 0 Å². The van der Waals surface area contributed by atoms with Crippen LogP contribution in [0.2, 0.25) is 0 Å². The van der Waals surface area contributed by atoms with Crippen molar-refractivity contribution in [1.82, 2.24) is 29.6 Å². The van der Waals surface area contributed by atoms with Gasteiger partial charge in [-0.1, -0.05) is 17.8 Å². The first kappa shape index (κ1) is 18.1. The number of carbonyl (C=O) groups excluding carboxylic acids is 1. The van der Waals surface area contributed by atoms with Crippen LogP contribution in [-0.4, -0.2) is 36.0 Å². The van der Waals surface area contributed by atoms with Crippen LogP contribution in [0.25, 0.3) is 5.69 Å². The molecule has 2 heterocycles. The first-order valence-corrected chi connectivity index (χ1v) is 9.09. The fourth-order valence-corrected chi connectivity index (χ4v) is 3.22. The molecule has 2 aromatic heterocycles. The Morgan fingerprint density at radius 2 is 2.19 bits per heavy atom. The number of rotatable bonds is 7. The SMILES string of the molecule is CC(C)n1cnnc1SCC(=O)NCc1ccc(-n2ccnc2)c(F)c1. The van der Waals surface area contributed by atoms with Crippen LogP contribution in [0.4, 0.5) is 4.39 Å². The van der Waals surface area contributed by atoms with Crippen molar-refractivity contribution in [2.24, 2.45) is 0 Å². The summed E-state index contributed by atoms with van der Waals surface area (Å²) in [7, 11) is 0. The summed E-state index contributed by atoms with van der Waals surface area (Å²) in [6, 6.07) is 5.09. The molecule has 0 spiro atoms. The summed E-state index contributed by atoms with van der Waals surface area (Å²) in [5.74, 6) is -0.289. The van der Waals surface area contributed by atoms with E-state index in [4.69, 9.17) is 0 Å². The molecule has 136 valence electrons. The second kappa shape index (κ2) is 8.13. The van der Waals surface area contributed by atoms with E-state index < -0.39 is 0 Å². The molecule has 1 N–H and O–H groups in total. The standard InChI is InChI=1S/C17H19FN6OS/c1-12(2)24-11-21-22-17(24)26-9-16(25)20-8-13-3-4-15(14(18)7-13)23-6-5-19-10-23/h3-7,10-12H,8-9H2,1-2H3,(H,20,25). The van der Waals surface area contributed by atoms with Gasteiger partial charge < -0.3 is 14.5 Å². The molecule has 0 saturated carbocycles. The Labute approximate surface area is 154 Å². The van der Waals surface area contributed by atoms with E-state index in [1.165, 1.54) is 24.2 Å². The van der Waals surface area contributed by atoms with Gasteiger partial charge in [-0.05, 0) is 31.5 Å². The molecule has 7 nitrogen and oxygen atoms in total. The highest BCUT2D eigenvalue weighted by atomic mass is 32.2. The summed E-state index contributed by atoms with van der Waals surface area (Å²) in [4.78, 5) is 15.9. The number of nitrogens with zero attached hydrogens (tertiary/aromatic N) is 5. The van der Waals surface area contributed by atoms with Crippen molar-refractivity contribution in [3.05, 3.63) is 54.6 Å². The van der Waals surface area contributed by atoms with E-state index in [0.29, 0.717) is 16.4 Å². The molecule has 0 atom stereocenters. The van der Waals surface area contributed by atoms with Gasteiger partial charge >= 0.3 is 0 Å². The van der Waals surface area contributed by atoms with Crippen molar-refractivity contribution >= 4 is 17.7 Å².